The van der Waals surface area contributed by atoms with Crippen LogP contribution in [0.25, 0.3) is 0 Å². The number of rotatable bonds is 13. The van der Waals surface area contributed by atoms with Crippen LogP contribution in [0.5, 0.6) is 0 Å². The molecular formula is C26H38N4O2. The summed E-state index contributed by atoms with van der Waals surface area (Å²) < 4.78 is 0. The maximum atomic E-state index is 12.8. The highest BCUT2D eigenvalue weighted by molar-refractivity contribution is 5.94. The van der Waals surface area contributed by atoms with Crippen molar-refractivity contribution in [3.8, 4) is 0 Å². The summed E-state index contributed by atoms with van der Waals surface area (Å²) in [6.45, 7) is 10.0. The van der Waals surface area contributed by atoms with Crippen LogP contribution >= 0.6 is 0 Å². The van der Waals surface area contributed by atoms with Gasteiger partial charge in [0.25, 0.3) is 5.91 Å². The van der Waals surface area contributed by atoms with E-state index >= 15 is 0 Å². The number of allylic oxidation sites excluding steroid dienone is 2. The van der Waals surface area contributed by atoms with Crippen LogP contribution < -0.4 is 10.6 Å². The summed E-state index contributed by atoms with van der Waals surface area (Å²) in [5.74, 6) is 0.793. The molecule has 6 nitrogen and oxygen atoms in total. The van der Waals surface area contributed by atoms with Crippen molar-refractivity contribution in [2.75, 3.05) is 27.7 Å². The fraction of sp³-hybridized carbons (Fsp3) is 0.500. The van der Waals surface area contributed by atoms with E-state index in [1.165, 1.54) is 18.4 Å². The Labute approximate surface area is 192 Å². The van der Waals surface area contributed by atoms with Gasteiger partial charge in [-0.15, -0.1) is 0 Å². The molecular weight excluding hydrogens is 400 g/mol. The topological polar surface area (TPSA) is 73.8 Å². The minimum absolute atomic E-state index is 0.0472. The van der Waals surface area contributed by atoms with Crippen LogP contribution in [0.4, 0.5) is 0 Å². The fourth-order valence-corrected chi connectivity index (χ4v) is 3.95. The lowest BCUT2D eigenvalue weighted by molar-refractivity contribution is -0.122. The average molecular weight is 439 g/mol. The van der Waals surface area contributed by atoms with Crippen LogP contribution in [-0.4, -0.2) is 57.2 Å². The zero-order chi connectivity index (χ0) is 23.7. The van der Waals surface area contributed by atoms with Gasteiger partial charge < -0.3 is 15.5 Å². The predicted octanol–water partition coefficient (Wildman–Crippen LogP) is 3.52. The van der Waals surface area contributed by atoms with Gasteiger partial charge in [0.15, 0.2) is 0 Å². The molecule has 2 amide bonds. The lowest BCUT2D eigenvalue weighted by atomic mass is 9.90. The van der Waals surface area contributed by atoms with E-state index < -0.39 is 0 Å². The first kappa shape index (κ1) is 25.5. The largest absolute Gasteiger partial charge is 0.355 e. The highest BCUT2D eigenvalue weighted by Gasteiger charge is 2.28. The van der Waals surface area contributed by atoms with Crippen molar-refractivity contribution in [3.05, 3.63) is 59.3 Å². The van der Waals surface area contributed by atoms with Crippen LogP contribution in [0.1, 0.15) is 47.2 Å². The van der Waals surface area contributed by atoms with E-state index in [-0.39, 0.29) is 23.8 Å². The molecule has 0 saturated heterocycles. The predicted molar refractivity (Wildman–Crippen MR) is 132 cm³/mol. The molecule has 6 heteroatoms. The molecule has 1 fully saturated rings. The van der Waals surface area contributed by atoms with Gasteiger partial charge in [-0.2, -0.15) is 0 Å². The van der Waals surface area contributed by atoms with Gasteiger partial charge in [0.05, 0.1) is 0 Å². The second-order valence-electron chi connectivity index (χ2n) is 8.94. The van der Waals surface area contributed by atoms with Crippen molar-refractivity contribution in [3.63, 3.8) is 0 Å². The Morgan fingerprint density at radius 2 is 2.03 bits per heavy atom. The second-order valence-corrected chi connectivity index (χ2v) is 8.94. The van der Waals surface area contributed by atoms with Crippen molar-refractivity contribution in [1.29, 1.82) is 0 Å². The summed E-state index contributed by atoms with van der Waals surface area (Å²) in [5, 5.41) is 5.79. The number of carbonyl (C=O) groups is 2. The Bertz CT molecular complexity index is 855. The first-order valence-corrected chi connectivity index (χ1v) is 11.3. The standard InChI is InChI=1S/C26H38N4O2/c1-7-20(16-27-3)23(13-19-8-9-19)15-25(31)29-17-24(30(5)6)14-21-10-11-22(12-18(21)2)26(32)28-4/h7,10-12,16,19,23-24H,1,3,8-9,13-15,17H2,2,4-6H3,(H,28,32)(H,29,31)/b20-16+. The first-order chi connectivity index (χ1) is 15.3. The van der Waals surface area contributed by atoms with E-state index in [2.05, 4.69) is 33.8 Å². The SMILES string of the molecule is C=C/C(=C\N=C)C(CC(=O)NCC(Cc1ccc(C(=O)NC)cc1C)N(C)C)CC1CC1. The van der Waals surface area contributed by atoms with Crippen LogP contribution in [0, 0.1) is 18.8 Å². The number of nitrogens with one attached hydrogen (secondary N) is 2. The molecule has 0 radical (unpaired) electrons. The molecule has 1 aliphatic rings. The highest BCUT2D eigenvalue weighted by atomic mass is 16.2. The normalized spacial score (nSPS) is 15.7. The van der Waals surface area contributed by atoms with E-state index in [0.29, 0.717) is 24.4 Å². The molecule has 0 aromatic heterocycles. The number of benzene rings is 1. The van der Waals surface area contributed by atoms with Crippen molar-refractivity contribution in [1.82, 2.24) is 15.5 Å². The zero-order valence-corrected chi connectivity index (χ0v) is 20.0. The lowest BCUT2D eigenvalue weighted by Crippen LogP contribution is -2.42. The Hall–Kier alpha value is -2.73. The third kappa shape index (κ3) is 7.75. The summed E-state index contributed by atoms with van der Waals surface area (Å²) in [5.41, 5.74) is 3.89. The number of aryl methyl sites for hydroxylation is 1. The van der Waals surface area contributed by atoms with E-state index in [1.54, 1.807) is 19.3 Å². The van der Waals surface area contributed by atoms with Crippen LogP contribution in [0.3, 0.4) is 0 Å². The molecule has 174 valence electrons. The molecule has 2 N–H and O–H groups in total. The van der Waals surface area contributed by atoms with Crippen molar-refractivity contribution in [2.45, 2.75) is 45.1 Å². The molecule has 2 unspecified atom stereocenters. The van der Waals surface area contributed by atoms with Gasteiger partial charge in [0.1, 0.15) is 0 Å². The number of aliphatic imine (C=N–C) groups is 1. The molecule has 2 rings (SSSR count). The molecule has 0 bridgehead atoms. The summed E-state index contributed by atoms with van der Waals surface area (Å²) in [4.78, 5) is 30.7. The molecule has 2 atom stereocenters. The molecule has 1 aromatic rings. The van der Waals surface area contributed by atoms with Crippen molar-refractivity contribution < 1.29 is 9.59 Å². The molecule has 0 aliphatic heterocycles. The number of amides is 2. The quantitative estimate of drug-likeness (QED) is 0.366. The Kier molecular flexibility index (Phi) is 9.85. The lowest BCUT2D eigenvalue weighted by Gasteiger charge is -2.26. The van der Waals surface area contributed by atoms with Crippen LogP contribution in [-0.2, 0) is 11.2 Å². The first-order valence-electron chi connectivity index (χ1n) is 11.3. The van der Waals surface area contributed by atoms with Gasteiger partial charge in [-0.05, 0) is 81.2 Å². The zero-order valence-electron chi connectivity index (χ0n) is 20.0. The van der Waals surface area contributed by atoms with E-state index in [1.807, 2.05) is 39.2 Å². The van der Waals surface area contributed by atoms with Gasteiger partial charge in [-0.3, -0.25) is 14.6 Å². The van der Waals surface area contributed by atoms with Gasteiger partial charge in [0, 0.05) is 37.8 Å². The number of nitrogens with zero attached hydrogens (tertiary/aromatic N) is 2. The molecule has 1 saturated carbocycles. The minimum atomic E-state index is -0.0866. The van der Waals surface area contributed by atoms with Crippen molar-refractivity contribution in [2.24, 2.45) is 16.8 Å². The second kappa shape index (κ2) is 12.3. The van der Waals surface area contributed by atoms with E-state index in [9.17, 15) is 9.59 Å². The van der Waals surface area contributed by atoms with Gasteiger partial charge in [-0.25, -0.2) is 0 Å². The summed E-state index contributed by atoms with van der Waals surface area (Å²) in [6.07, 6.45) is 8.22. The summed E-state index contributed by atoms with van der Waals surface area (Å²) in [6, 6.07) is 5.92. The van der Waals surface area contributed by atoms with Crippen LogP contribution in [0.2, 0.25) is 0 Å². The van der Waals surface area contributed by atoms with E-state index in [4.69, 9.17) is 0 Å². The molecule has 32 heavy (non-hydrogen) atoms. The number of carbonyl (C=O) groups excluding carboxylic acids is 2. The van der Waals surface area contributed by atoms with Gasteiger partial charge in [0.2, 0.25) is 5.91 Å². The number of hydrogen-bond acceptors (Lipinski definition) is 4. The third-order valence-electron chi connectivity index (χ3n) is 6.25. The summed E-state index contributed by atoms with van der Waals surface area (Å²) >= 11 is 0. The third-order valence-corrected chi connectivity index (χ3v) is 6.25. The smallest absolute Gasteiger partial charge is 0.251 e. The molecule has 0 heterocycles. The molecule has 1 aromatic carbocycles. The van der Waals surface area contributed by atoms with Gasteiger partial charge in [-0.1, -0.05) is 31.6 Å². The highest BCUT2D eigenvalue weighted by Crippen LogP contribution is 2.38. The fourth-order valence-electron chi connectivity index (χ4n) is 3.95. The van der Waals surface area contributed by atoms with Crippen molar-refractivity contribution >= 4 is 18.5 Å². The average Bonchev–Trinajstić information content (AvgIpc) is 3.58. The number of likely N-dealkylation sites (N-methyl/N-ethyl adjacent to an activating group) is 1. The maximum absolute atomic E-state index is 12.8. The Balaban J connectivity index is 1.99. The minimum Gasteiger partial charge on any atom is -0.355 e. The number of hydrogen-bond donors (Lipinski definition) is 2. The van der Waals surface area contributed by atoms with Gasteiger partial charge >= 0.3 is 0 Å². The van der Waals surface area contributed by atoms with Crippen LogP contribution in [0.15, 0.2) is 47.6 Å². The molecule has 0 spiro atoms. The maximum Gasteiger partial charge on any atom is 0.251 e. The Morgan fingerprint density at radius 3 is 2.56 bits per heavy atom. The molecule has 1 aliphatic carbocycles. The van der Waals surface area contributed by atoms with E-state index in [0.717, 1.165) is 24.0 Å². The summed E-state index contributed by atoms with van der Waals surface area (Å²) in [7, 11) is 5.68. The Morgan fingerprint density at radius 1 is 1.31 bits per heavy atom. The monoisotopic (exact) mass is 438 g/mol.